The van der Waals surface area contributed by atoms with E-state index < -0.39 is 10.0 Å². The second kappa shape index (κ2) is 9.45. The number of sulfonamides is 1. The Labute approximate surface area is 191 Å². The summed E-state index contributed by atoms with van der Waals surface area (Å²) < 4.78 is 28.5. The number of hydrogen-bond donors (Lipinski definition) is 3. The van der Waals surface area contributed by atoms with Crippen LogP contribution in [0.4, 0.5) is 0 Å². The van der Waals surface area contributed by atoms with Crippen LogP contribution in [0.3, 0.4) is 0 Å². The first kappa shape index (κ1) is 22.5. The van der Waals surface area contributed by atoms with Crippen LogP contribution in [0.25, 0.3) is 10.9 Å². The number of benzene rings is 2. The number of para-hydroxylation sites is 1. The van der Waals surface area contributed by atoms with Crippen molar-refractivity contribution < 1.29 is 18.0 Å². The summed E-state index contributed by atoms with van der Waals surface area (Å²) >= 11 is 0. The van der Waals surface area contributed by atoms with Crippen molar-refractivity contribution in [3.05, 3.63) is 65.9 Å². The standard InChI is InChI=1S/C23H25N5O4S/c1-28-15-18(16-9-4-6-11-19(16)28)23(30)26-25-21(29)13-3-2-8-14-24-22-17-10-5-7-12-20(17)33(31,32)27-22/h4-7,9-12,15H,2-3,8,13-14H2,1H3,(H,24,27)(H,25,29)(H,26,30). The number of amidine groups is 1. The molecule has 2 heterocycles. The van der Waals surface area contributed by atoms with Crippen LogP contribution in [-0.4, -0.2) is 37.2 Å². The molecule has 0 saturated heterocycles. The highest BCUT2D eigenvalue weighted by Gasteiger charge is 2.29. The van der Waals surface area contributed by atoms with Crippen LogP contribution in [0, 0.1) is 0 Å². The number of fused-ring (bicyclic) bond motifs is 2. The molecule has 1 aromatic heterocycles. The SMILES string of the molecule is Cn1cc(C(=O)NNC(=O)CCCCCN=C2NS(=O)(=O)c3ccccc32)c2ccccc21. The molecule has 1 aliphatic rings. The maximum atomic E-state index is 12.4. The number of rotatable bonds is 7. The van der Waals surface area contributed by atoms with Crippen LogP contribution in [0.1, 0.15) is 41.6 Å². The van der Waals surface area contributed by atoms with Gasteiger partial charge in [-0.25, -0.2) is 8.42 Å². The minimum absolute atomic E-state index is 0.242. The summed E-state index contributed by atoms with van der Waals surface area (Å²) in [6.07, 6.45) is 4.08. The van der Waals surface area contributed by atoms with Gasteiger partial charge in [0.05, 0.1) is 10.5 Å². The van der Waals surface area contributed by atoms with Gasteiger partial charge in [-0.3, -0.25) is 30.2 Å². The predicted molar refractivity (Wildman–Crippen MR) is 125 cm³/mol. The molecule has 0 bridgehead atoms. The Morgan fingerprint density at radius 1 is 1.00 bits per heavy atom. The van der Waals surface area contributed by atoms with Crippen LogP contribution in [0.2, 0.25) is 0 Å². The van der Waals surface area contributed by atoms with Crippen molar-refractivity contribution in [2.24, 2.45) is 12.0 Å². The zero-order valence-corrected chi connectivity index (χ0v) is 19.0. The molecule has 1 aliphatic heterocycles. The van der Waals surface area contributed by atoms with E-state index in [4.69, 9.17) is 0 Å². The fraction of sp³-hybridized carbons (Fsp3) is 0.261. The molecule has 33 heavy (non-hydrogen) atoms. The largest absolute Gasteiger partial charge is 0.350 e. The minimum atomic E-state index is -3.53. The molecule has 0 atom stereocenters. The Morgan fingerprint density at radius 2 is 1.76 bits per heavy atom. The van der Waals surface area contributed by atoms with E-state index >= 15 is 0 Å². The maximum Gasteiger partial charge on any atom is 0.271 e. The molecule has 3 N–H and O–H groups in total. The van der Waals surface area contributed by atoms with Gasteiger partial charge in [-0.2, -0.15) is 0 Å². The fourth-order valence-corrected chi connectivity index (χ4v) is 5.05. The van der Waals surface area contributed by atoms with Gasteiger partial charge in [0.15, 0.2) is 0 Å². The Balaban J connectivity index is 1.19. The van der Waals surface area contributed by atoms with Crippen molar-refractivity contribution in [2.45, 2.75) is 30.6 Å². The minimum Gasteiger partial charge on any atom is -0.350 e. The molecular formula is C23H25N5O4S. The van der Waals surface area contributed by atoms with Gasteiger partial charge in [0.1, 0.15) is 5.84 Å². The highest BCUT2D eigenvalue weighted by Crippen LogP contribution is 2.22. The van der Waals surface area contributed by atoms with Crippen LogP contribution < -0.4 is 15.6 Å². The number of nitrogens with one attached hydrogen (secondary N) is 3. The summed E-state index contributed by atoms with van der Waals surface area (Å²) in [5.41, 5.74) is 6.95. The number of aryl methyl sites for hydroxylation is 1. The second-order valence-electron chi connectivity index (χ2n) is 7.82. The smallest absolute Gasteiger partial charge is 0.271 e. The molecule has 2 amide bonds. The summed E-state index contributed by atoms with van der Waals surface area (Å²) in [5.74, 6) is -0.276. The number of amides is 2. The molecule has 9 nitrogen and oxygen atoms in total. The van der Waals surface area contributed by atoms with E-state index in [-0.39, 0.29) is 23.1 Å². The quantitative estimate of drug-likeness (QED) is 0.364. The summed E-state index contributed by atoms with van der Waals surface area (Å²) in [5, 5.41) is 0.820. The highest BCUT2D eigenvalue weighted by atomic mass is 32.2. The molecule has 2 aromatic carbocycles. The van der Waals surface area contributed by atoms with E-state index in [2.05, 4.69) is 20.6 Å². The molecule has 4 rings (SSSR count). The van der Waals surface area contributed by atoms with Gasteiger partial charge < -0.3 is 4.57 Å². The summed E-state index contributed by atoms with van der Waals surface area (Å²) in [4.78, 5) is 29.1. The monoisotopic (exact) mass is 467 g/mol. The maximum absolute atomic E-state index is 12.4. The van der Waals surface area contributed by atoms with Gasteiger partial charge in [-0.05, 0) is 31.0 Å². The van der Waals surface area contributed by atoms with E-state index in [1.54, 1.807) is 30.5 Å². The van der Waals surface area contributed by atoms with Crippen molar-refractivity contribution >= 4 is 38.6 Å². The number of aromatic nitrogens is 1. The number of carbonyl (C=O) groups is 2. The van der Waals surface area contributed by atoms with Crippen LogP contribution in [-0.2, 0) is 21.9 Å². The van der Waals surface area contributed by atoms with Gasteiger partial charge in [-0.1, -0.05) is 36.8 Å². The second-order valence-corrected chi connectivity index (χ2v) is 9.47. The van der Waals surface area contributed by atoms with Crippen molar-refractivity contribution in [3.8, 4) is 0 Å². The third-order valence-corrected chi connectivity index (χ3v) is 6.85. The van der Waals surface area contributed by atoms with E-state index in [9.17, 15) is 18.0 Å². The number of unbranched alkanes of at least 4 members (excludes halogenated alkanes) is 2. The molecule has 0 saturated carbocycles. The predicted octanol–water partition coefficient (Wildman–Crippen LogP) is 2.24. The lowest BCUT2D eigenvalue weighted by molar-refractivity contribution is -0.122. The van der Waals surface area contributed by atoms with Crippen molar-refractivity contribution in [1.82, 2.24) is 20.1 Å². The summed E-state index contributed by atoms with van der Waals surface area (Å²) in [7, 11) is -1.66. The van der Waals surface area contributed by atoms with Crippen molar-refractivity contribution in [2.75, 3.05) is 6.54 Å². The Morgan fingerprint density at radius 3 is 2.61 bits per heavy atom. The Hall–Kier alpha value is -3.66. The Kier molecular flexibility index (Phi) is 6.45. The number of carbonyl (C=O) groups excluding carboxylic acids is 2. The fourth-order valence-electron chi connectivity index (χ4n) is 3.80. The first-order valence-electron chi connectivity index (χ1n) is 10.7. The molecule has 0 radical (unpaired) electrons. The molecule has 0 unspecified atom stereocenters. The van der Waals surface area contributed by atoms with E-state index in [0.29, 0.717) is 36.3 Å². The first-order valence-corrected chi connectivity index (χ1v) is 12.1. The van der Waals surface area contributed by atoms with Gasteiger partial charge in [0.2, 0.25) is 5.91 Å². The van der Waals surface area contributed by atoms with Crippen LogP contribution in [0.15, 0.2) is 64.6 Å². The molecule has 0 fully saturated rings. The molecule has 3 aromatic rings. The average molecular weight is 468 g/mol. The van der Waals surface area contributed by atoms with Crippen molar-refractivity contribution in [3.63, 3.8) is 0 Å². The third kappa shape index (κ3) is 4.90. The third-order valence-electron chi connectivity index (χ3n) is 5.45. The molecular weight excluding hydrogens is 442 g/mol. The van der Waals surface area contributed by atoms with E-state index in [1.165, 1.54) is 0 Å². The zero-order chi connectivity index (χ0) is 23.4. The molecule has 0 aliphatic carbocycles. The number of hydrazine groups is 1. The molecule has 0 spiro atoms. The highest BCUT2D eigenvalue weighted by molar-refractivity contribution is 7.90. The van der Waals surface area contributed by atoms with Crippen LogP contribution in [0.5, 0.6) is 0 Å². The van der Waals surface area contributed by atoms with E-state index in [0.717, 1.165) is 17.3 Å². The van der Waals surface area contributed by atoms with Gasteiger partial charge in [0, 0.05) is 42.7 Å². The number of nitrogens with zero attached hydrogens (tertiary/aromatic N) is 2. The Bertz CT molecular complexity index is 1340. The van der Waals surface area contributed by atoms with E-state index in [1.807, 2.05) is 35.9 Å². The van der Waals surface area contributed by atoms with Gasteiger partial charge in [-0.15, -0.1) is 0 Å². The van der Waals surface area contributed by atoms with Gasteiger partial charge in [0.25, 0.3) is 15.9 Å². The molecule has 10 heteroatoms. The first-order chi connectivity index (χ1) is 15.9. The number of hydrogen-bond acceptors (Lipinski definition) is 5. The average Bonchev–Trinajstić information content (AvgIpc) is 3.28. The normalized spacial score (nSPS) is 15.2. The lowest BCUT2D eigenvalue weighted by atomic mass is 10.1. The molecule has 172 valence electrons. The van der Waals surface area contributed by atoms with Crippen LogP contribution >= 0.6 is 0 Å². The lowest BCUT2D eigenvalue weighted by Gasteiger charge is -2.07. The van der Waals surface area contributed by atoms with Gasteiger partial charge >= 0.3 is 0 Å². The topological polar surface area (TPSA) is 122 Å². The number of aliphatic imine (C=N–C) groups is 1. The summed E-state index contributed by atoms with van der Waals surface area (Å²) in [6, 6.07) is 14.3. The van der Waals surface area contributed by atoms with Crippen molar-refractivity contribution in [1.29, 1.82) is 0 Å². The summed E-state index contributed by atoms with van der Waals surface area (Å²) in [6.45, 7) is 0.450. The zero-order valence-electron chi connectivity index (χ0n) is 18.2. The lowest BCUT2D eigenvalue weighted by Crippen LogP contribution is -2.41.